The van der Waals surface area contributed by atoms with E-state index in [0.717, 1.165) is 17.6 Å². The van der Waals surface area contributed by atoms with E-state index in [1.54, 1.807) is 13.0 Å². The molecule has 13 heteroatoms. The quantitative estimate of drug-likeness (QED) is 0.581. The molecule has 1 aliphatic heterocycles. The van der Waals surface area contributed by atoms with Crippen LogP contribution in [-0.4, -0.2) is 56.0 Å². The van der Waals surface area contributed by atoms with Crippen molar-refractivity contribution in [3.05, 3.63) is 29.7 Å². The highest BCUT2D eigenvalue weighted by Crippen LogP contribution is 2.32. The number of carbonyl (C=O) groups excluding carboxylic acids is 1. The van der Waals surface area contributed by atoms with Crippen LogP contribution in [0.4, 0.5) is 5.13 Å². The van der Waals surface area contributed by atoms with Gasteiger partial charge in [-0.3, -0.25) is 4.79 Å². The van der Waals surface area contributed by atoms with E-state index in [9.17, 15) is 21.6 Å². The number of anilines is 1. The second-order valence-corrected chi connectivity index (χ2v) is 12.2. The molecule has 1 fully saturated rings. The van der Waals surface area contributed by atoms with Crippen LogP contribution in [0, 0.1) is 13.8 Å². The monoisotopic (exact) mass is 484 g/mol. The topological polar surface area (TPSA) is 140 Å². The average molecular weight is 485 g/mol. The summed E-state index contributed by atoms with van der Waals surface area (Å²) in [6, 6.07) is 3.64. The molecule has 1 unspecified atom stereocenters. The Morgan fingerprint density at radius 3 is 2.65 bits per heavy atom. The predicted octanol–water partition coefficient (Wildman–Crippen LogP) is 2.10. The van der Waals surface area contributed by atoms with Gasteiger partial charge >= 0.3 is 0 Å². The SMILES string of the molecule is Cc1noc(C)c1S(=O)(=O)N1CCCC1C(=O)Nc1nc2ccc(S(C)(=O)=O)cc2s1. The number of hydrogen-bond acceptors (Lipinski definition) is 9. The molecule has 1 atom stereocenters. The van der Waals surface area contributed by atoms with E-state index in [0.29, 0.717) is 23.1 Å². The molecule has 1 amide bonds. The lowest BCUT2D eigenvalue weighted by atomic mass is 10.2. The van der Waals surface area contributed by atoms with Crippen LogP contribution >= 0.6 is 11.3 Å². The van der Waals surface area contributed by atoms with Gasteiger partial charge in [-0.05, 0) is 44.9 Å². The lowest BCUT2D eigenvalue weighted by molar-refractivity contribution is -0.119. The van der Waals surface area contributed by atoms with Crippen LogP contribution in [0.1, 0.15) is 24.3 Å². The van der Waals surface area contributed by atoms with Crippen LogP contribution in [0.5, 0.6) is 0 Å². The summed E-state index contributed by atoms with van der Waals surface area (Å²) < 4.78 is 56.6. The van der Waals surface area contributed by atoms with Gasteiger partial charge in [0.25, 0.3) is 0 Å². The van der Waals surface area contributed by atoms with Crippen molar-refractivity contribution in [2.75, 3.05) is 18.1 Å². The number of carbonyl (C=O) groups is 1. The Bertz CT molecular complexity index is 1370. The number of amides is 1. The molecule has 3 heterocycles. The van der Waals surface area contributed by atoms with Crippen molar-refractivity contribution >= 4 is 52.5 Å². The molecule has 3 aromatic rings. The van der Waals surface area contributed by atoms with Crippen molar-refractivity contribution < 1.29 is 26.2 Å². The van der Waals surface area contributed by atoms with Crippen molar-refractivity contribution in [1.29, 1.82) is 0 Å². The number of nitrogens with zero attached hydrogens (tertiary/aromatic N) is 3. The molecule has 1 saturated heterocycles. The number of thiazole rings is 1. The van der Waals surface area contributed by atoms with Gasteiger partial charge in [0.05, 0.1) is 15.1 Å². The highest BCUT2D eigenvalue weighted by atomic mass is 32.2. The van der Waals surface area contributed by atoms with Crippen molar-refractivity contribution in [2.24, 2.45) is 0 Å². The van der Waals surface area contributed by atoms with E-state index in [2.05, 4.69) is 15.5 Å². The Hall–Kier alpha value is -2.35. The number of sulfonamides is 1. The van der Waals surface area contributed by atoms with E-state index in [1.165, 1.54) is 23.4 Å². The summed E-state index contributed by atoms with van der Waals surface area (Å²) in [6.45, 7) is 3.27. The smallest absolute Gasteiger partial charge is 0.249 e. The lowest BCUT2D eigenvalue weighted by Crippen LogP contribution is -2.43. The first-order chi connectivity index (χ1) is 14.5. The molecule has 0 spiro atoms. The zero-order chi connectivity index (χ0) is 22.6. The number of benzene rings is 1. The Morgan fingerprint density at radius 2 is 2.00 bits per heavy atom. The highest BCUT2D eigenvalue weighted by Gasteiger charge is 2.42. The maximum absolute atomic E-state index is 13.2. The number of rotatable bonds is 5. The molecule has 166 valence electrons. The fraction of sp³-hybridized carbons (Fsp3) is 0.389. The van der Waals surface area contributed by atoms with E-state index in [1.807, 2.05) is 0 Å². The molecule has 0 radical (unpaired) electrons. The molecule has 0 bridgehead atoms. The van der Waals surface area contributed by atoms with Gasteiger partial charge < -0.3 is 9.84 Å². The first-order valence-electron chi connectivity index (χ1n) is 9.35. The molecule has 4 rings (SSSR count). The summed E-state index contributed by atoms with van der Waals surface area (Å²) in [4.78, 5) is 17.4. The minimum absolute atomic E-state index is 0.0134. The van der Waals surface area contributed by atoms with Gasteiger partial charge in [0, 0.05) is 12.8 Å². The minimum Gasteiger partial charge on any atom is -0.360 e. The van der Waals surface area contributed by atoms with Crippen LogP contribution in [-0.2, 0) is 24.7 Å². The molecular weight excluding hydrogens is 464 g/mol. The second-order valence-electron chi connectivity index (χ2n) is 7.34. The van der Waals surface area contributed by atoms with Gasteiger partial charge in [-0.15, -0.1) is 0 Å². The zero-order valence-electron chi connectivity index (χ0n) is 16.9. The van der Waals surface area contributed by atoms with Gasteiger partial charge in [0.2, 0.25) is 15.9 Å². The summed E-state index contributed by atoms with van der Waals surface area (Å²) in [6.07, 6.45) is 2.03. The van der Waals surface area contributed by atoms with E-state index >= 15 is 0 Å². The number of sulfone groups is 1. The summed E-state index contributed by atoms with van der Waals surface area (Å²) in [7, 11) is -7.33. The lowest BCUT2D eigenvalue weighted by Gasteiger charge is -2.22. The third-order valence-corrected chi connectivity index (χ3v) is 9.26. The largest absolute Gasteiger partial charge is 0.360 e. The molecule has 1 aliphatic rings. The van der Waals surface area contributed by atoms with Crippen LogP contribution in [0.2, 0.25) is 0 Å². The van der Waals surface area contributed by atoms with Gasteiger partial charge in [0.15, 0.2) is 20.7 Å². The van der Waals surface area contributed by atoms with Crippen molar-refractivity contribution in [3.8, 4) is 0 Å². The minimum atomic E-state index is -3.96. The Morgan fingerprint density at radius 1 is 1.26 bits per heavy atom. The van der Waals surface area contributed by atoms with Crippen LogP contribution in [0.25, 0.3) is 10.2 Å². The summed E-state index contributed by atoms with van der Waals surface area (Å²) in [5.41, 5.74) is 0.788. The molecule has 31 heavy (non-hydrogen) atoms. The fourth-order valence-corrected chi connectivity index (χ4v) is 7.21. The third-order valence-electron chi connectivity index (χ3n) is 5.06. The molecule has 0 saturated carbocycles. The number of nitrogens with one attached hydrogen (secondary N) is 1. The Balaban J connectivity index is 1.59. The van der Waals surface area contributed by atoms with Crippen molar-refractivity contribution in [3.63, 3.8) is 0 Å². The Kier molecular flexibility index (Phi) is 5.40. The van der Waals surface area contributed by atoms with E-state index in [-0.39, 0.29) is 32.9 Å². The second kappa shape index (κ2) is 7.65. The van der Waals surface area contributed by atoms with Gasteiger partial charge in [-0.25, -0.2) is 21.8 Å². The number of hydrogen-bond donors (Lipinski definition) is 1. The number of aromatic nitrogens is 2. The number of fused-ring (bicyclic) bond motifs is 1. The zero-order valence-corrected chi connectivity index (χ0v) is 19.4. The van der Waals surface area contributed by atoms with Crippen LogP contribution in [0.3, 0.4) is 0 Å². The molecule has 10 nitrogen and oxygen atoms in total. The first kappa shape index (κ1) is 21.9. The first-order valence-corrected chi connectivity index (χ1v) is 13.5. The number of aryl methyl sites for hydroxylation is 2. The highest BCUT2D eigenvalue weighted by molar-refractivity contribution is 7.90. The predicted molar refractivity (Wildman–Crippen MR) is 114 cm³/mol. The molecule has 2 aromatic heterocycles. The van der Waals surface area contributed by atoms with Crippen LogP contribution < -0.4 is 5.32 Å². The Labute approximate surface area is 183 Å². The van der Waals surface area contributed by atoms with Gasteiger partial charge in [-0.2, -0.15) is 4.31 Å². The maximum Gasteiger partial charge on any atom is 0.249 e. The van der Waals surface area contributed by atoms with Crippen molar-refractivity contribution in [2.45, 2.75) is 42.5 Å². The summed E-state index contributed by atoms with van der Waals surface area (Å²) in [5, 5.41) is 6.66. The summed E-state index contributed by atoms with van der Waals surface area (Å²) >= 11 is 1.13. The van der Waals surface area contributed by atoms with E-state index in [4.69, 9.17) is 4.52 Å². The average Bonchev–Trinajstić information content (AvgIpc) is 3.38. The third kappa shape index (κ3) is 3.97. The van der Waals surface area contributed by atoms with Crippen LogP contribution in [0.15, 0.2) is 32.5 Å². The van der Waals surface area contributed by atoms with Gasteiger partial charge in [0.1, 0.15) is 16.6 Å². The molecular formula is C18H20N4O6S3. The molecule has 1 aromatic carbocycles. The normalized spacial score (nSPS) is 18.0. The summed E-state index contributed by atoms with van der Waals surface area (Å²) in [5.74, 6) is -0.313. The standard InChI is InChI=1S/C18H20N4O6S3/c1-10-16(11(2)28-21-10)31(26,27)22-8-4-5-14(22)17(23)20-18-19-13-7-6-12(30(3,24)25)9-15(13)29-18/h6-7,9,14H,4-5,8H2,1-3H3,(H,19,20,23). The molecule has 1 N–H and O–H groups in total. The van der Waals surface area contributed by atoms with Crippen molar-refractivity contribution in [1.82, 2.24) is 14.4 Å². The maximum atomic E-state index is 13.2. The van der Waals surface area contributed by atoms with Gasteiger partial charge in [-0.1, -0.05) is 16.5 Å². The molecule has 0 aliphatic carbocycles. The van der Waals surface area contributed by atoms with E-state index < -0.39 is 31.8 Å². The fourth-order valence-electron chi connectivity index (χ4n) is 3.63.